The topological polar surface area (TPSA) is 146 Å². The molecule has 1 unspecified atom stereocenters. The number of fused-ring (bicyclic) bond motifs is 2. The SMILES string of the molecule is O=C(O)Nc1ccc(C(=O)NC(C[C@@H]2CCCO2)C(=O)N2C(=O)O[C@]3(CCCNC3)c3c2ccc(Cl)c3F)cc1. The van der Waals surface area contributed by atoms with Gasteiger partial charge in [0, 0.05) is 30.8 Å². The molecule has 2 aromatic rings. The Morgan fingerprint density at radius 1 is 1.20 bits per heavy atom. The number of carbonyl (C=O) groups is 4. The molecule has 0 radical (unpaired) electrons. The van der Waals surface area contributed by atoms with E-state index in [2.05, 4.69) is 16.0 Å². The lowest BCUT2D eigenvalue weighted by Gasteiger charge is -2.44. The van der Waals surface area contributed by atoms with Crippen molar-refractivity contribution in [1.29, 1.82) is 0 Å². The summed E-state index contributed by atoms with van der Waals surface area (Å²) in [5, 5.41) is 16.7. The molecular formula is C27H28ClFN4O7. The third-order valence-electron chi connectivity index (χ3n) is 7.32. The highest BCUT2D eigenvalue weighted by Gasteiger charge is 2.51. The number of amides is 4. The number of imide groups is 1. The highest BCUT2D eigenvalue weighted by molar-refractivity contribution is 6.31. The van der Waals surface area contributed by atoms with Crippen LogP contribution in [-0.4, -0.2) is 60.9 Å². The summed E-state index contributed by atoms with van der Waals surface area (Å²) in [5.41, 5.74) is -0.871. The van der Waals surface area contributed by atoms with Crippen molar-refractivity contribution in [2.24, 2.45) is 0 Å². The van der Waals surface area contributed by atoms with Crippen LogP contribution in [-0.2, 0) is 19.9 Å². The number of anilines is 2. The molecule has 5 rings (SSSR count). The molecule has 3 heterocycles. The second-order valence-electron chi connectivity index (χ2n) is 9.98. The molecule has 40 heavy (non-hydrogen) atoms. The standard InChI is InChI=1S/C27H28ClFN4O7/c28-18-8-9-20-21(22(18)29)27(10-2-11-30-14-27)40-26(38)33(20)24(35)19(13-17-3-1-12-39-17)32-23(34)15-4-6-16(7-5-15)31-25(36)37/h4-9,17,19,30-31H,1-3,10-14H2,(H,32,34)(H,36,37)/t17-,19?,27-/m0/s1. The lowest BCUT2D eigenvalue weighted by atomic mass is 9.83. The molecule has 1 spiro atoms. The van der Waals surface area contributed by atoms with Gasteiger partial charge in [-0.25, -0.2) is 18.9 Å². The molecule has 0 bridgehead atoms. The van der Waals surface area contributed by atoms with Crippen molar-refractivity contribution < 1.29 is 38.1 Å². The van der Waals surface area contributed by atoms with E-state index in [1.54, 1.807) is 0 Å². The predicted octanol–water partition coefficient (Wildman–Crippen LogP) is 4.00. The quantitative estimate of drug-likeness (QED) is 0.405. The number of nitrogens with zero attached hydrogens (tertiary/aromatic N) is 1. The minimum atomic E-state index is -1.32. The second kappa shape index (κ2) is 11.4. The lowest BCUT2D eigenvalue weighted by Crippen LogP contribution is -2.58. The van der Waals surface area contributed by atoms with Gasteiger partial charge in [-0.15, -0.1) is 0 Å². The van der Waals surface area contributed by atoms with Crippen molar-refractivity contribution in [2.75, 3.05) is 29.9 Å². The summed E-state index contributed by atoms with van der Waals surface area (Å²) < 4.78 is 27.0. The van der Waals surface area contributed by atoms with Gasteiger partial charge in [0.1, 0.15) is 6.04 Å². The minimum Gasteiger partial charge on any atom is -0.465 e. The maximum atomic E-state index is 15.5. The normalized spacial score (nSPS) is 22.8. The van der Waals surface area contributed by atoms with Crippen molar-refractivity contribution in [3.8, 4) is 0 Å². The van der Waals surface area contributed by atoms with Crippen LogP contribution in [0.3, 0.4) is 0 Å². The zero-order valence-corrected chi connectivity index (χ0v) is 22.1. The van der Waals surface area contributed by atoms with E-state index in [9.17, 15) is 19.2 Å². The van der Waals surface area contributed by atoms with Crippen LogP contribution < -0.4 is 20.9 Å². The maximum absolute atomic E-state index is 15.5. The number of ether oxygens (including phenoxy) is 2. The minimum absolute atomic E-state index is 0.0162. The molecular weight excluding hydrogens is 547 g/mol. The third-order valence-corrected chi connectivity index (χ3v) is 7.62. The zero-order valence-electron chi connectivity index (χ0n) is 21.4. The molecule has 4 amide bonds. The van der Waals surface area contributed by atoms with E-state index in [0.29, 0.717) is 32.4 Å². The first-order chi connectivity index (χ1) is 19.2. The van der Waals surface area contributed by atoms with Crippen LogP contribution in [0, 0.1) is 5.82 Å². The van der Waals surface area contributed by atoms with E-state index in [-0.39, 0.29) is 46.6 Å². The molecule has 212 valence electrons. The number of benzene rings is 2. The Labute approximate surface area is 233 Å². The summed E-state index contributed by atoms with van der Waals surface area (Å²) in [5.74, 6) is -2.21. The van der Waals surface area contributed by atoms with E-state index in [4.69, 9.17) is 26.2 Å². The molecule has 3 aliphatic heterocycles. The Hall–Kier alpha value is -3.74. The fourth-order valence-electron chi connectivity index (χ4n) is 5.45. The predicted molar refractivity (Wildman–Crippen MR) is 142 cm³/mol. The van der Waals surface area contributed by atoms with Crippen LogP contribution in [0.15, 0.2) is 36.4 Å². The summed E-state index contributed by atoms with van der Waals surface area (Å²) in [6.45, 7) is 1.33. The van der Waals surface area contributed by atoms with Gasteiger partial charge < -0.3 is 25.2 Å². The van der Waals surface area contributed by atoms with Crippen LogP contribution in [0.2, 0.25) is 5.02 Å². The number of piperidine rings is 1. The number of halogens is 2. The largest absolute Gasteiger partial charge is 0.465 e. The third kappa shape index (κ3) is 5.47. The molecule has 0 aliphatic carbocycles. The lowest BCUT2D eigenvalue weighted by molar-refractivity contribution is -0.121. The van der Waals surface area contributed by atoms with Crippen molar-refractivity contribution in [3.63, 3.8) is 0 Å². The Balaban J connectivity index is 1.46. The van der Waals surface area contributed by atoms with Crippen molar-refractivity contribution in [2.45, 2.75) is 49.9 Å². The monoisotopic (exact) mass is 574 g/mol. The smallest absolute Gasteiger partial charge is 0.422 e. The highest BCUT2D eigenvalue weighted by Crippen LogP contribution is 2.46. The zero-order chi connectivity index (χ0) is 28.4. The highest BCUT2D eigenvalue weighted by atomic mass is 35.5. The fraction of sp³-hybridized carbons (Fsp3) is 0.407. The summed E-state index contributed by atoms with van der Waals surface area (Å²) in [4.78, 5) is 52.1. The fourth-order valence-corrected chi connectivity index (χ4v) is 5.61. The van der Waals surface area contributed by atoms with Crippen LogP contribution in [0.5, 0.6) is 0 Å². The Kier molecular flexibility index (Phi) is 7.92. The van der Waals surface area contributed by atoms with E-state index in [0.717, 1.165) is 11.3 Å². The number of rotatable bonds is 6. The van der Waals surface area contributed by atoms with Crippen LogP contribution in [0.1, 0.15) is 48.0 Å². The summed E-state index contributed by atoms with van der Waals surface area (Å²) in [6, 6.07) is 7.08. The van der Waals surface area contributed by atoms with E-state index >= 15 is 4.39 Å². The summed E-state index contributed by atoms with van der Waals surface area (Å²) >= 11 is 6.11. The summed E-state index contributed by atoms with van der Waals surface area (Å²) in [6.07, 6.45) is -0.0831. The Bertz CT molecular complexity index is 1330. The van der Waals surface area contributed by atoms with Crippen molar-refractivity contribution in [3.05, 3.63) is 58.4 Å². The van der Waals surface area contributed by atoms with Crippen LogP contribution in [0.25, 0.3) is 0 Å². The van der Waals surface area contributed by atoms with E-state index in [1.807, 2.05) is 0 Å². The van der Waals surface area contributed by atoms with Crippen LogP contribution >= 0.6 is 11.6 Å². The number of hydrogen-bond donors (Lipinski definition) is 4. The molecule has 13 heteroatoms. The molecule has 0 aromatic heterocycles. The molecule has 2 saturated heterocycles. The van der Waals surface area contributed by atoms with Gasteiger partial charge in [-0.1, -0.05) is 11.6 Å². The molecule has 3 atom stereocenters. The maximum Gasteiger partial charge on any atom is 0.422 e. The van der Waals surface area contributed by atoms with Crippen molar-refractivity contribution in [1.82, 2.24) is 10.6 Å². The van der Waals surface area contributed by atoms with E-state index < -0.39 is 41.5 Å². The number of hydrogen-bond acceptors (Lipinski definition) is 7. The molecule has 2 fully saturated rings. The van der Waals surface area contributed by atoms with Gasteiger partial charge in [0.05, 0.1) is 22.4 Å². The average Bonchev–Trinajstić information content (AvgIpc) is 3.44. The number of carbonyl (C=O) groups excluding carboxylic acids is 3. The van der Waals surface area contributed by atoms with Gasteiger partial charge in [-0.2, -0.15) is 0 Å². The number of carboxylic acid groups (broad SMARTS) is 1. The Morgan fingerprint density at radius 3 is 2.62 bits per heavy atom. The van der Waals surface area contributed by atoms with Gasteiger partial charge in [-0.3, -0.25) is 14.9 Å². The van der Waals surface area contributed by atoms with Gasteiger partial charge in [0.2, 0.25) is 0 Å². The van der Waals surface area contributed by atoms with Gasteiger partial charge in [0.25, 0.3) is 11.8 Å². The van der Waals surface area contributed by atoms with Gasteiger partial charge >= 0.3 is 12.2 Å². The van der Waals surface area contributed by atoms with Crippen LogP contribution in [0.4, 0.5) is 25.4 Å². The number of nitrogens with one attached hydrogen (secondary N) is 3. The van der Waals surface area contributed by atoms with Gasteiger partial charge in [0.15, 0.2) is 11.4 Å². The first-order valence-electron chi connectivity index (χ1n) is 13.0. The molecule has 3 aliphatic rings. The first-order valence-corrected chi connectivity index (χ1v) is 13.3. The molecule has 0 saturated carbocycles. The molecule has 11 nitrogen and oxygen atoms in total. The van der Waals surface area contributed by atoms with Gasteiger partial charge in [-0.05, 0) is 68.6 Å². The Morgan fingerprint density at radius 2 is 1.98 bits per heavy atom. The second-order valence-corrected chi connectivity index (χ2v) is 10.4. The summed E-state index contributed by atoms with van der Waals surface area (Å²) in [7, 11) is 0. The molecule has 2 aromatic carbocycles. The average molecular weight is 575 g/mol. The van der Waals surface area contributed by atoms with E-state index in [1.165, 1.54) is 36.4 Å². The first kappa shape index (κ1) is 27.8. The van der Waals surface area contributed by atoms with Crippen molar-refractivity contribution >= 4 is 47.0 Å². The molecule has 4 N–H and O–H groups in total.